The van der Waals surface area contributed by atoms with Gasteiger partial charge in [-0.05, 0) is 31.0 Å². The van der Waals surface area contributed by atoms with Crippen LogP contribution in [0.5, 0.6) is 0 Å². The molecule has 10 heteroatoms. The summed E-state index contributed by atoms with van der Waals surface area (Å²) in [6, 6.07) is 14.0. The van der Waals surface area contributed by atoms with E-state index in [9.17, 15) is 12.8 Å². The number of pyridine rings is 2. The summed E-state index contributed by atoms with van der Waals surface area (Å²) in [5.74, 6) is -2.04. The number of nitrogens with zero attached hydrogens (tertiary/aromatic N) is 4. The van der Waals surface area contributed by atoms with Gasteiger partial charge in [-0.2, -0.15) is 12.8 Å². The van der Waals surface area contributed by atoms with Gasteiger partial charge in [-0.1, -0.05) is 36.4 Å². The molecule has 2 aromatic heterocycles. The zero-order valence-corrected chi connectivity index (χ0v) is 19.2. The van der Waals surface area contributed by atoms with E-state index in [-0.39, 0.29) is 17.4 Å². The normalized spacial score (nSPS) is 16.7. The van der Waals surface area contributed by atoms with Crippen LogP contribution < -0.4 is 9.62 Å². The smallest absolute Gasteiger partial charge is 0.283 e. The lowest BCUT2D eigenvalue weighted by atomic mass is 10.1. The molecule has 1 fully saturated rings. The third kappa shape index (κ3) is 5.12. The maximum absolute atomic E-state index is 15.1. The Balaban J connectivity index is 1.50. The summed E-state index contributed by atoms with van der Waals surface area (Å²) in [4.78, 5) is 11.6. The van der Waals surface area contributed by atoms with Crippen LogP contribution in [0.2, 0.25) is 0 Å². The van der Waals surface area contributed by atoms with Crippen LogP contribution in [0, 0.1) is 18.7 Å². The molecule has 0 unspecified atom stereocenters. The number of hydrogen-bond acceptors (Lipinski definition) is 6. The van der Waals surface area contributed by atoms with E-state index in [1.165, 1.54) is 30.8 Å². The number of nitrogens with one attached hydrogen (secondary N) is 1. The Morgan fingerprint density at radius 2 is 1.91 bits per heavy atom. The summed E-state index contributed by atoms with van der Waals surface area (Å²) < 4.78 is 55.8. The topological polar surface area (TPSA) is 78.4 Å². The Bertz CT molecular complexity index is 1240. The first-order valence-corrected chi connectivity index (χ1v) is 12.0. The van der Waals surface area contributed by atoms with Crippen LogP contribution in [0.1, 0.15) is 17.5 Å². The molecule has 0 bridgehead atoms. The SMILES string of the molecule is Cc1c(N(C)[C@H]2CCN(Cc3ccccc3)C2)cnc(S(=O)(=O)Nc2cccc(F)n2)c1F. The molecule has 3 heterocycles. The van der Waals surface area contributed by atoms with Gasteiger partial charge in [-0.25, -0.2) is 14.4 Å². The Morgan fingerprint density at radius 3 is 2.64 bits per heavy atom. The molecule has 1 aliphatic rings. The molecule has 0 amide bonds. The predicted octanol–water partition coefficient (Wildman–Crippen LogP) is 3.57. The van der Waals surface area contributed by atoms with Gasteiger partial charge in [0.2, 0.25) is 11.0 Å². The molecule has 0 radical (unpaired) electrons. The van der Waals surface area contributed by atoms with Crippen LogP contribution in [0.25, 0.3) is 0 Å². The second-order valence-electron chi connectivity index (χ2n) is 8.11. The van der Waals surface area contributed by atoms with Gasteiger partial charge in [0.1, 0.15) is 5.82 Å². The van der Waals surface area contributed by atoms with Crippen molar-refractivity contribution in [3.63, 3.8) is 0 Å². The number of likely N-dealkylation sites (tertiary alicyclic amines) is 1. The fraction of sp³-hybridized carbons (Fsp3) is 0.304. The summed E-state index contributed by atoms with van der Waals surface area (Å²) in [6.45, 7) is 4.09. The number of likely N-dealkylation sites (N-methyl/N-ethyl adjacent to an activating group) is 1. The van der Waals surface area contributed by atoms with Crippen LogP contribution in [0.3, 0.4) is 0 Å². The molecular weight excluding hydrogens is 448 g/mol. The van der Waals surface area contributed by atoms with Crippen molar-refractivity contribution < 1.29 is 17.2 Å². The Kier molecular flexibility index (Phi) is 6.57. The Labute approximate surface area is 192 Å². The molecule has 33 heavy (non-hydrogen) atoms. The van der Waals surface area contributed by atoms with Gasteiger partial charge < -0.3 is 4.90 Å². The summed E-state index contributed by atoms with van der Waals surface area (Å²) in [5.41, 5.74) is 1.95. The first kappa shape index (κ1) is 23.1. The molecule has 1 aliphatic heterocycles. The average Bonchev–Trinajstić information content (AvgIpc) is 3.24. The molecule has 0 spiro atoms. The van der Waals surface area contributed by atoms with Crippen LogP contribution in [0.15, 0.2) is 59.8 Å². The van der Waals surface area contributed by atoms with Gasteiger partial charge in [0.15, 0.2) is 5.82 Å². The van der Waals surface area contributed by atoms with Crippen molar-refractivity contribution in [3.05, 3.63) is 77.6 Å². The van der Waals surface area contributed by atoms with E-state index in [0.717, 1.165) is 32.1 Å². The van der Waals surface area contributed by atoms with Crippen LogP contribution in [-0.2, 0) is 16.6 Å². The van der Waals surface area contributed by atoms with Crippen molar-refractivity contribution in [2.45, 2.75) is 31.0 Å². The molecule has 174 valence electrons. The molecule has 1 saturated heterocycles. The maximum atomic E-state index is 15.1. The molecule has 3 aromatic rings. The lowest BCUT2D eigenvalue weighted by Crippen LogP contribution is -2.35. The summed E-state index contributed by atoms with van der Waals surface area (Å²) in [7, 11) is -2.52. The number of aromatic nitrogens is 2. The first-order valence-electron chi connectivity index (χ1n) is 10.5. The van der Waals surface area contributed by atoms with Crippen molar-refractivity contribution in [1.82, 2.24) is 14.9 Å². The average molecular weight is 474 g/mol. The highest BCUT2D eigenvalue weighted by molar-refractivity contribution is 7.92. The summed E-state index contributed by atoms with van der Waals surface area (Å²) in [6.07, 6.45) is 2.27. The zero-order chi connectivity index (χ0) is 23.6. The monoisotopic (exact) mass is 473 g/mol. The maximum Gasteiger partial charge on any atom is 0.283 e. The van der Waals surface area contributed by atoms with Gasteiger partial charge in [0.25, 0.3) is 10.0 Å². The molecule has 1 aromatic carbocycles. The van der Waals surface area contributed by atoms with Gasteiger partial charge in [0, 0.05) is 38.3 Å². The van der Waals surface area contributed by atoms with Crippen LogP contribution in [0.4, 0.5) is 20.3 Å². The number of anilines is 2. The second-order valence-corrected chi connectivity index (χ2v) is 9.71. The molecule has 0 aliphatic carbocycles. The highest BCUT2D eigenvalue weighted by atomic mass is 32.2. The predicted molar refractivity (Wildman–Crippen MR) is 122 cm³/mol. The van der Waals surface area contributed by atoms with E-state index in [1.54, 1.807) is 0 Å². The number of sulfonamides is 1. The quantitative estimate of drug-likeness (QED) is 0.529. The van der Waals surface area contributed by atoms with E-state index in [1.807, 2.05) is 30.1 Å². The summed E-state index contributed by atoms with van der Waals surface area (Å²) >= 11 is 0. The van der Waals surface area contributed by atoms with Crippen molar-refractivity contribution >= 4 is 21.5 Å². The molecule has 1 atom stereocenters. The fourth-order valence-corrected chi connectivity index (χ4v) is 5.12. The number of hydrogen-bond donors (Lipinski definition) is 1. The van der Waals surface area contributed by atoms with Crippen molar-refractivity contribution in [1.29, 1.82) is 0 Å². The minimum Gasteiger partial charge on any atom is -0.369 e. The minimum absolute atomic E-state index is 0.144. The van der Waals surface area contributed by atoms with Crippen LogP contribution >= 0.6 is 0 Å². The number of halogens is 2. The van der Waals surface area contributed by atoms with Gasteiger partial charge >= 0.3 is 0 Å². The molecule has 1 N–H and O–H groups in total. The summed E-state index contributed by atoms with van der Waals surface area (Å²) in [5, 5.41) is -0.750. The zero-order valence-electron chi connectivity index (χ0n) is 18.4. The third-order valence-corrected chi connectivity index (χ3v) is 7.11. The van der Waals surface area contributed by atoms with E-state index in [4.69, 9.17) is 0 Å². The third-order valence-electron chi connectivity index (χ3n) is 5.84. The molecular formula is C23H25F2N5O2S. The highest BCUT2D eigenvalue weighted by Gasteiger charge is 2.30. The Hall–Kier alpha value is -3.11. The Morgan fingerprint density at radius 1 is 1.15 bits per heavy atom. The number of benzene rings is 1. The van der Waals surface area contributed by atoms with Gasteiger partial charge in [-0.3, -0.25) is 9.62 Å². The van der Waals surface area contributed by atoms with E-state index >= 15 is 4.39 Å². The van der Waals surface area contributed by atoms with Crippen molar-refractivity contribution in [3.8, 4) is 0 Å². The highest BCUT2D eigenvalue weighted by Crippen LogP contribution is 2.29. The lowest BCUT2D eigenvalue weighted by Gasteiger charge is -2.28. The number of rotatable bonds is 7. The molecule has 7 nitrogen and oxygen atoms in total. The second kappa shape index (κ2) is 9.40. The van der Waals surface area contributed by atoms with Gasteiger partial charge in [0.05, 0.1) is 11.9 Å². The fourth-order valence-electron chi connectivity index (χ4n) is 4.05. The van der Waals surface area contributed by atoms with Crippen molar-refractivity contribution in [2.75, 3.05) is 29.8 Å². The lowest BCUT2D eigenvalue weighted by molar-refractivity contribution is 0.326. The molecule has 4 rings (SSSR count). The van der Waals surface area contributed by atoms with E-state index in [2.05, 4.69) is 31.7 Å². The van der Waals surface area contributed by atoms with E-state index in [0.29, 0.717) is 5.69 Å². The van der Waals surface area contributed by atoms with E-state index < -0.39 is 26.8 Å². The van der Waals surface area contributed by atoms with Gasteiger partial charge in [-0.15, -0.1) is 0 Å². The minimum atomic E-state index is -4.38. The molecule has 0 saturated carbocycles. The first-order chi connectivity index (χ1) is 15.7. The van der Waals surface area contributed by atoms with Crippen LogP contribution in [-0.4, -0.2) is 49.5 Å². The standard InChI is InChI=1S/C23H25F2N5O2S/c1-16-19(29(2)18-11-12-30(15-18)14-17-7-4-3-5-8-17)13-26-23(22(16)25)33(31,32)28-21-10-6-9-20(24)27-21/h3-10,13,18H,11-12,14-15H2,1-2H3,(H,27,28)/t18-/m0/s1. The van der Waals surface area contributed by atoms with Crippen molar-refractivity contribution in [2.24, 2.45) is 0 Å². The largest absolute Gasteiger partial charge is 0.369 e.